The van der Waals surface area contributed by atoms with Crippen LogP contribution in [0.3, 0.4) is 0 Å². The SMILES string of the molecule is CN1CCC(NC(=O)c2cc(F)cc(Cn3ccc4cc(-c5ccnn5C)ccc4c3=O)c2)CC1. The van der Waals surface area contributed by atoms with Gasteiger partial charge in [-0.3, -0.25) is 14.3 Å². The summed E-state index contributed by atoms with van der Waals surface area (Å²) in [6.45, 7) is 2.02. The predicted octanol–water partition coefficient (Wildman–Crippen LogP) is 3.41. The van der Waals surface area contributed by atoms with Crippen LogP contribution in [0.1, 0.15) is 28.8 Å². The molecule has 1 saturated heterocycles. The van der Waals surface area contributed by atoms with E-state index in [4.69, 9.17) is 0 Å². The summed E-state index contributed by atoms with van der Waals surface area (Å²) < 4.78 is 17.7. The Morgan fingerprint density at radius 3 is 2.63 bits per heavy atom. The molecule has 0 spiro atoms. The minimum atomic E-state index is -0.495. The van der Waals surface area contributed by atoms with Crippen molar-refractivity contribution in [3.63, 3.8) is 0 Å². The monoisotopic (exact) mass is 473 g/mol. The van der Waals surface area contributed by atoms with Gasteiger partial charge in [0.1, 0.15) is 5.82 Å². The normalized spacial score (nSPS) is 14.9. The van der Waals surface area contributed by atoms with Crippen molar-refractivity contribution < 1.29 is 9.18 Å². The van der Waals surface area contributed by atoms with E-state index in [1.165, 1.54) is 12.1 Å². The molecule has 0 bridgehead atoms. The number of hydrogen-bond donors (Lipinski definition) is 1. The second-order valence-electron chi connectivity index (χ2n) is 9.29. The highest BCUT2D eigenvalue weighted by Gasteiger charge is 2.20. The molecule has 1 amide bonds. The summed E-state index contributed by atoms with van der Waals surface area (Å²) in [6, 6.07) is 13.8. The molecule has 0 atom stereocenters. The summed E-state index contributed by atoms with van der Waals surface area (Å²) in [5, 5.41) is 8.63. The van der Waals surface area contributed by atoms with E-state index in [0.29, 0.717) is 10.9 Å². The van der Waals surface area contributed by atoms with Gasteiger partial charge in [0.2, 0.25) is 0 Å². The van der Waals surface area contributed by atoms with Crippen molar-refractivity contribution in [2.75, 3.05) is 20.1 Å². The smallest absolute Gasteiger partial charge is 0.258 e. The lowest BCUT2D eigenvalue weighted by atomic mass is 10.0. The second kappa shape index (κ2) is 9.46. The number of amides is 1. The molecule has 1 aliphatic heterocycles. The number of nitrogens with zero attached hydrogens (tertiary/aromatic N) is 4. The number of halogens is 1. The minimum absolute atomic E-state index is 0.0877. The largest absolute Gasteiger partial charge is 0.349 e. The van der Waals surface area contributed by atoms with Gasteiger partial charge in [0, 0.05) is 42.0 Å². The molecule has 2 aromatic heterocycles. The van der Waals surface area contributed by atoms with E-state index >= 15 is 0 Å². The van der Waals surface area contributed by atoms with Crippen LogP contribution in [0, 0.1) is 5.82 Å². The van der Waals surface area contributed by atoms with Crippen molar-refractivity contribution in [3.8, 4) is 11.3 Å². The third-order valence-electron chi connectivity index (χ3n) is 6.72. The highest BCUT2D eigenvalue weighted by Crippen LogP contribution is 2.22. The Morgan fingerprint density at radius 1 is 1.09 bits per heavy atom. The lowest BCUT2D eigenvalue weighted by molar-refractivity contribution is 0.0916. The lowest BCUT2D eigenvalue weighted by Crippen LogP contribution is -2.43. The minimum Gasteiger partial charge on any atom is -0.349 e. The number of carbonyl (C=O) groups excluding carboxylic acids is 1. The van der Waals surface area contributed by atoms with Gasteiger partial charge in [-0.15, -0.1) is 0 Å². The van der Waals surface area contributed by atoms with Crippen LogP contribution >= 0.6 is 0 Å². The number of hydrogen-bond acceptors (Lipinski definition) is 4. The van der Waals surface area contributed by atoms with E-state index in [9.17, 15) is 14.0 Å². The zero-order chi connectivity index (χ0) is 24.5. The van der Waals surface area contributed by atoms with Crippen LogP contribution in [-0.4, -0.2) is 51.3 Å². The number of aromatic nitrogens is 3. The summed E-state index contributed by atoms with van der Waals surface area (Å²) in [5.74, 6) is -0.778. The molecular formula is C27H28FN5O2. The quantitative estimate of drug-likeness (QED) is 0.482. The summed E-state index contributed by atoms with van der Waals surface area (Å²) >= 11 is 0. The van der Waals surface area contributed by atoms with Gasteiger partial charge in [0.05, 0.1) is 12.2 Å². The molecule has 0 aliphatic carbocycles. The van der Waals surface area contributed by atoms with Crippen molar-refractivity contribution in [3.05, 3.63) is 88.2 Å². The molecule has 5 rings (SSSR count). The number of carbonyl (C=O) groups is 1. The maximum atomic E-state index is 14.4. The molecule has 1 aliphatic rings. The first-order chi connectivity index (χ1) is 16.9. The maximum absolute atomic E-state index is 14.4. The number of fused-ring (bicyclic) bond motifs is 1. The van der Waals surface area contributed by atoms with E-state index in [0.717, 1.165) is 42.6 Å². The van der Waals surface area contributed by atoms with E-state index in [1.807, 2.05) is 37.4 Å². The summed E-state index contributed by atoms with van der Waals surface area (Å²) in [7, 11) is 3.93. The second-order valence-corrected chi connectivity index (χ2v) is 9.29. The summed E-state index contributed by atoms with van der Waals surface area (Å²) in [4.78, 5) is 28.2. The fourth-order valence-corrected chi connectivity index (χ4v) is 4.72. The van der Waals surface area contributed by atoms with Crippen LogP contribution in [-0.2, 0) is 13.6 Å². The molecule has 8 heteroatoms. The fraction of sp³-hybridized carbons (Fsp3) is 0.296. The molecule has 35 heavy (non-hydrogen) atoms. The molecule has 2 aromatic carbocycles. The van der Waals surface area contributed by atoms with E-state index < -0.39 is 5.82 Å². The van der Waals surface area contributed by atoms with Crippen LogP contribution in [0.4, 0.5) is 4.39 Å². The number of rotatable bonds is 5. The number of nitrogens with one attached hydrogen (secondary N) is 1. The van der Waals surface area contributed by atoms with Crippen LogP contribution in [0.5, 0.6) is 0 Å². The Balaban J connectivity index is 1.38. The average molecular weight is 474 g/mol. The molecule has 1 fully saturated rings. The molecular weight excluding hydrogens is 445 g/mol. The first kappa shape index (κ1) is 23.0. The fourth-order valence-electron chi connectivity index (χ4n) is 4.72. The van der Waals surface area contributed by atoms with Gasteiger partial charge in [-0.05, 0) is 86.4 Å². The molecule has 4 aromatic rings. The Labute approximate surface area is 202 Å². The Morgan fingerprint density at radius 2 is 1.89 bits per heavy atom. The van der Waals surface area contributed by atoms with Crippen molar-refractivity contribution in [2.45, 2.75) is 25.4 Å². The van der Waals surface area contributed by atoms with E-state index in [-0.39, 0.29) is 29.6 Å². The van der Waals surface area contributed by atoms with Gasteiger partial charge in [-0.2, -0.15) is 5.10 Å². The van der Waals surface area contributed by atoms with Crippen molar-refractivity contribution in [2.24, 2.45) is 7.05 Å². The third kappa shape index (κ3) is 4.88. The maximum Gasteiger partial charge on any atom is 0.258 e. The zero-order valence-electron chi connectivity index (χ0n) is 19.9. The van der Waals surface area contributed by atoms with Crippen molar-refractivity contribution >= 4 is 16.7 Å². The molecule has 7 nitrogen and oxygen atoms in total. The predicted molar refractivity (Wildman–Crippen MR) is 134 cm³/mol. The number of piperidine rings is 1. The van der Waals surface area contributed by atoms with Gasteiger partial charge >= 0.3 is 0 Å². The van der Waals surface area contributed by atoms with Crippen molar-refractivity contribution in [1.82, 2.24) is 24.6 Å². The molecule has 180 valence electrons. The van der Waals surface area contributed by atoms with Gasteiger partial charge in [-0.1, -0.05) is 6.07 Å². The van der Waals surface area contributed by atoms with E-state index in [1.54, 1.807) is 27.7 Å². The van der Waals surface area contributed by atoms with Crippen LogP contribution < -0.4 is 10.9 Å². The topological polar surface area (TPSA) is 72.2 Å². The van der Waals surface area contributed by atoms with Gasteiger partial charge < -0.3 is 14.8 Å². The lowest BCUT2D eigenvalue weighted by Gasteiger charge is -2.29. The van der Waals surface area contributed by atoms with Crippen LogP contribution in [0.15, 0.2) is 65.7 Å². The van der Waals surface area contributed by atoms with Gasteiger partial charge in [0.15, 0.2) is 0 Å². The van der Waals surface area contributed by atoms with Gasteiger partial charge in [-0.25, -0.2) is 4.39 Å². The van der Waals surface area contributed by atoms with Crippen LogP contribution in [0.25, 0.3) is 22.0 Å². The standard InChI is InChI=1S/C27H28FN5O2/c1-31-10-7-23(8-11-31)30-26(34)21-13-18(14-22(28)16-21)17-33-12-6-19-15-20(3-4-24(19)27(33)35)25-5-9-29-32(25)2/h3-6,9,12-16,23H,7-8,10-11,17H2,1-2H3,(H,30,34). The van der Waals surface area contributed by atoms with Gasteiger partial charge in [0.25, 0.3) is 11.5 Å². The summed E-state index contributed by atoms with van der Waals surface area (Å²) in [5.41, 5.74) is 2.60. The Bertz CT molecular complexity index is 1450. The zero-order valence-corrected chi connectivity index (χ0v) is 19.9. The number of benzene rings is 2. The highest BCUT2D eigenvalue weighted by molar-refractivity contribution is 5.94. The Hall–Kier alpha value is -3.78. The summed E-state index contributed by atoms with van der Waals surface area (Å²) in [6.07, 6.45) is 5.19. The Kier molecular flexibility index (Phi) is 6.21. The molecule has 0 radical (unpaired) electrons. The van der Waals surface area contributed by atoms with E-state index in [2.05, 4.69) is 22.4 Å². The highest BCUT2D eigenvalue weighted by atomic mass is 19.1. The van der Waals surface area contributed by atoms with Crippen LogP contribution in [0.2, 0.25) is 0 Å². The van der Waals surface area contributed by atoms with Crippen molar-refractivity contribution in [1.29, 1.82) is 0 Å². The molecule has 1 N–H and O–H groups in total. The number of likely N-dealkylation sites (tertiary alicyclic amines) is 1. The average Bonchev–Trinajstić information content (AvgIpc) is 3.27. The molecule has 3 heterocycles. The number of aryl methyl sites for hydroxylation is 1. The first-order valence-electron chi connectivity index (χ1n) is 11.8. The molecule has 0 unspecified atom stereocenters. The third-order valence-corrected chi connectivity index (χ3v) is 6.72. The first-order valence-corrected chi connectivity index (χ1v) is 11.8. The number of pyridine rings is 1. The molecule has 0 saturated carbocycles.